The molecular weight excluding hydrogens is 295 g/mol. The first-order chi connectivity index (χ1) is 11.0. The average Bonchev–Trinajstić information content (AvgIpc) is 2.53. The summed E-state index contributed by atoms with van der Waals surface area (Å²) in [6.07, 6.45) is 3.03. The first-order valence-corrected chi connectivity index (χ1v) is 7.72. The van der Waals surface area contributed by atoms with E-state index in [1.165, 1.54) is 29.0 Å². The van der Waals surface area contributed by atoms with E-state index < -0.39 is 0 Å². The van der Waals surface area contributed by atoms with Crippen molar-refractivity contribution >= 4 is 5.91 Å². The van der Waals surface area contributed by atoms with Gasteiger partial charge in [-0.25, -0.2) is 4.39 Å². The van der Waals surface area contributed by atoms with E-state index in [0.29, 0.717) is 17.5 Å². The molecule has 0 aliphatic heterocycles. The molecule has 1 amide bonds. The molecule has 0 bridgehead atoms. The number of rotatable bonds is 2. The van der Waals surface area contributed by atoms with Gasteiger partial charge in [0.25, 0.3) is 5.91 Å². The fourth-order valence-corrected chi connectivity index (χ4v) is 3.15. The van der Waals surface area contributed by atoms with E-state index in [1.54, 1.807) is 13.1 Å². The van der Waals surface area contributed by atoms with Gasteiger partial charge < -0.3 is 9.88 Å². The highest BCUT2D eigenvalue weighted by Gasteiger charge is 2.29. The SMILES string of the molecule is C[C@@H]1CCc2c(F)cccc2[C@H]1NC(=O)c1ccc(=O)n(C)c1. The molecule has 2 aromatic rings. The number of halogens is 1. The first-order valence-electron chi connectivity index (χ1n) is 7.72. The van der Waals surface area contributed by atoms with Gasteiger partial charge in [-0.15, -0.1) is 0 Å². The van der Waals surface area contributed by atoms with Crippen molar-refractivity contribution in [2.24, 2.45) is 13.0 Å². The Hall–Kier alpha value is -2.43. The Bertz CT molecular complexity index is 813. The van der Waals surface area contributed by atoms with E-state index in [-0.39, 0.29) is 29.2 Å². The second-order valence-corrected chi connectivity index (χ2v) is 6.14. The molecule has 1 aliphatic rings. The minimum atomic E-state index is -0.255. The van der Waals surface area contributed by atoms with E-state index in [4.69, 9.17) is 0 Å². The van der Waals surface area contributed by atoms with Gasteiger partial charge in [-0.05, 0) is 42.0 Å². The van der Waals surface area contributed by atoms with Crippen molar-refractivity contribution in [3.8, 4) is 0 Å². The van der Waals surface area contributed by atoms with E-state index in [9.17, 15) is 14.0 Å². The fourth-order valence-electron chi connectivity index (χ4n) is 3.15. The van der Waals surface area contributed by atoms with E-state index in [2.05, 4.69) is 12.2 Å². The van der Waals surface area contributed by atoms with Crippen molar-refractivity contribution in [2.45, 2.75) is 25.8 Å². The number of amides is 1. The lowest BCUT2D eigenvalue weighted by atomic mass is 9.80. The van der Waals surface area contributed by atoms with Gasteiger partial charge in [-0.2, -0.15) is 0 Å². The lowest BCUT2D eigenvalue weighted by Crippen LogP contribution is -2.36. The first kappa shape index (κ1) is 15.5. The van der Waals surface area contributed by atoms with Crippen molar-refractivity contribution in [1.82, 2.24) is 9.88 Å². The third-order valence-corrected chi connectivity index (χ3v) is 4.54. The maximum atomic E-state index is 14.0. The van der Waals surface area contributed by atoms with Crippen molar-refractivity contribution in [3.63, 3.8) is 0 Å². The number of carbonyl (C=O) groups is 1. The minimum Gasteiger partial charge on any atom is -0.345 e. The van der Waals surface area contributed by atoms with Crippen LogP contribution >= 0.6 is 0 Å². The Kier molecular flexibility index (Phi) is 4.03. The van der Waals surface area contributed by atoms with Crippen LogP contribution in [0.25, 0.3) is 0 Å². The summed E-state index contributed by atoms with van der Waals surface area (Å²) in [7, 11) is 1.60. The largest absolute Gasteiger partial charge is 0.345 e. The Morgan fingerprint density at radius 2 is 2.09 bits per heavy atom. The zero-order valence-electron chi connectivity index (χ0n) is 13.2. The maximum Gasteiger partial charge on any atom is 0.253 e. The maximum absolute atomic E-state index is 14.0. The van der Waals surface area contributed by atoms with Crippen LogP contribution in [0.2, 0.25) is 0 Å². The minimum absolute atomic E-state index is 0.167. The number of hydrogen-bond donors (Lipinski definition) is 1. The van der Waals surface area contributed by atoms with Gasteiger partial charge in [-0.1, -0.05) is 19.1 Å². The highest BCUT2D eigenvalue weighted by Crippen LogP contribution is 2.35. The average molecular weight is 314 g/mol. The molecule has 23 heavy (non-hydrogen) atoms. The van der Waals surface area contributed by atoms with Crippen molar-refractivity contribution in [2.75, 3.05) is 0 Å². The number of nitrogens with one attached hydrogen (secondary N) is 1. The highest BCUT2D eigenvalue weighted by atomic mass is 19.1. The fraction of sp³-hybridized carbons (Fsp3) is 0.333. The van der Waals surface area contributed by atoms with Gasteiger partial charge >= 0.3 is 0 Å². The van der Waals surface area contributed by atoms with Crippen LogP contribution in [-0.4, -0.2) is 10.5 Å². The predicted molar refractivity (Wildman–Crippen MR) is 85.8 cm³/mol. The molecule has 1 aliphatic carbocycles. The van der Waals surface area contributed by atoms with Crippen LogP contribution in [-0.2, 0) is 13.5 Å². The Morgan fingerprint density at radius 3 is 2.83 bits per heavy atom. The van der Waals surface area contributed by atoms with Gasteiger partial charge in [0.2, 0.25) is 5.56 Å². The van der Waals surface area contributed by atoms with Crippen molar-refractivity contribution in [3.05, 3.63) is 69.4 Å². The summed E-state index contributed by atoms with van der Waals surface area (Å²) in [5.74, 6) is -0.244. The Morgan fingerprint density at radius 1 is 1.30 bits per heavy atom. The van der Waals surface area contributed by atoms with Crippen molar-refractivity contribution < 1.29 is 9.18 Å². The quantitative estimate of drug-likeness (QED) is 0.926. The van der Waals surface area contributed by atoms with E-state index in [0.717, 1.165) is 12.0 Å². The molecule has 2 atom stereocenters. The molecule has 0 fully saturated rings. The molecule has 1 heterocycles. The van der Waals surface area contributed by atoms with Crippen LogP contribution in [0.1, 0.15) is 40.9 Å². The number of aryl methyl sites for hydroxylation is 1. The molecule has 1 N–H and O–H groups in total. The van der Waals surface area contributed by atoms with Crippen LogP contribution in [0.4, 0.5) is 4.39 Å². The molecule has 0 saturated carbocycles. The lowest BCUT2D eigenvalue weighted by molar-refractivity contribution is 0.0918. The molecule has 4 nitrogen and oxygen atoms in total. The second kappa shape index (κ2) is 5.99. The summed E-state index contributed by atoms with van der Waals surface area (Å²) in [5.41, 5.74) is 1.79. The van der Waals surface area contributed by atoms with Gasteiger partial charge in [0.05, 0.1) is 11.6 Å². The summed E-state index contributed by atoms with van der Waals surface area (Å²) in [6, 6.07) is 7.67. The van der Waals surface area contributed by atoms with Gasteiger partial charge in [0.1, 0.15) is 5.82 Å². The highest BCUT2D eigenvalue weighted by molar-refractivity contribution is 5.94. The number of nitrogens with zero attached hydrogens (tertiary/aromatic N) is 1. The molecular formula is C18H19FN2O2. The summed E-state index contributed by atoms with van der Waals surface area (Å²) in [4.78, 5) is 23.9. The van der Waals surface area contributed by atoms with Crippen LogP contribution < -0.4 is 10.9 Å². The third kappa shape index (κ3) is 2.91. The molecule has 0 unspecified atom stereocenters. The third-order valence-electron chi connectivity index (χ3n) is 4.54. The molecule has 3 rings (SSSR count). The van der Waals surface area contributed by atoms with Gasteiger partial charge in [-0.3, -0.25) is 9.59 Å². The monoisotopic (exact) mass is 314 g/mol. The topological polar surface area (TPSA) is 51.1 Å². The van der Waals surface area contributed by atoms with Crippen LogP contribution in [0.3, 0.4) is 0 Å². The lowest BCUT2D eigenvalue weighted by Gasteiger charge is -2.32. The predicted octanol–water partition coefficient (Wildman–Crippen LogP) is 2.58. The smallest absolute Gasteiger partial charge is 0.253 e. The van der Waals surface area contributed by atoms with E-state index >= 15 is 0 Å². The zero-order chi connectivity index (χ0) is 16.6. The molecule has 0 radical (unpaired) electrons. The van der Waals surface area contributed by atoms with Crippen LogP contribution in [0.5, 0.6) is 0 Å². The zero-order valence-corrected chi connectivity index (χ0v) is 13.2. The summed E-state index contributed by atoms with van der Waals surface area (Å²) in [5, 5.41) is 2.99. The molecule has 1 aromatic heterocycles. The molecule has 0 spiro atoms. The summed E-state index contributed by atoms with van der Waals surface area (Å²) in [6.45, 7) is 2.06. The van der Waals surface area contributed by atoms with Crippen LogP contribution in [0, 0.1) is 11.7 Å². The number of fused-ring (bicyclic) bond motifs is 1. The number of aromatic nitrogens is 1. The number of benzene rings is 1. The van der Waals surface area contributed by atoms with Crippen LogP contribution in [0.15, 0.2) is 41.3 Å². The summed E-state index contributed by atoms with van der Waals surface area (Å²) < 4.78 is 15.3. The molecule has 120 valence electrons. The van der Waals surface area contributed by atoms with Crippen molar-refractivity contribution in [1.29, 1.82) is 0 Å². The number of carbonyl (C=O) groups excluding carboxylic acids is 1. The molecule has 1 aromatic carbocycles. The van der Waals surface area contributed by atoms with E-state index in [1.807, 2.05) is 6.07 Å². The molecule has 0 saturated heterocycles. The van der Waals surface area contributed by atoms with Gasteiger partial charge in [0.15, 0.2) is 0 Å². The standard InChI is InChI=1S/C18H19FN2O2/c1-11-6-8-13-14(4-3-5-15(13)19)17(11)20-18(23)12-7-9-16(22)21(2)10-12/h3-5,7,9-11,17H,6,8H2,1-2H3,(H,20,23)/t11-,17+/m1/s1. The Balaban J connectivity index is 1.90. The normalized spacial score (nSPS) is 20.0. The number of pyridine rings is 1. The summed E-state index contributed by atoms with van der Waals surface area (Å²) >= 11 is 0. The number of hydrogen-bond acceptors (Lipinski definition) is 2. The second-order valence-electron chi connectivity index (χ2n) is 6.14. The molecule has 5 heteroatoms. The van der Waals surface area contributed by atoms with Gasteiger partial charge in [0, 0.05) is 19.3 Å². The Labute approximate surface area is 134 Å².